The molecule has 6 rings (SSSR count). The molecule has 45 heavy (non-hydrogen) atoms. The third-order valence-electron chi connectivity index (χ3n) is 9.48. The molecule has 12 heteroatoms. The van der Waals surface area contributed by atoms with Crippen LogP contribution in [0, 0.1) is 17.6 Å². The fourth-order valence-corrected chi connectivity index (χ4v) is 7.19. The van der Waals surface area contributed by atoms with Crippen LogP contribution >= 0.6 is 0 Å². The highest BCUT2D eigenvalue weighted by Gasteiger charge is 2.39. The molecule has 1 aliphatic carbocycles. The zero-order valence-corrected chi connectivity index (χ0v) is 25.6. The smallest absolute Gasteiger partial charge is 0.409 e. The van der Waals surface area contributed by atoms with Crippen LogP contribution in [0.5, 0.6) is 0 Å². The van der Waals surface area contributed by atoms with Crippen LogP contribution in [0.15, 0.2) is 48.9 Å². The van der Waals surface area contributed by atoms with Gasteiger partial charge in [0.15, 0.2) is 0 Å². The van der Waals surface area contributed by atoms with Crippen LogP contribution in [0.25, 0.3) is 16.8 Å². The summed E-state index contributed by atoms with van der Waals surface area (Å²) >= 11 is 0. The van der Waals surface area contributed by atoms with Crippen LogP contribution in [0.2, 0.25) is 0 Å². The molecule has 0 unspecified atom stereocenters. The van der Waals surface area contributed by atoms with Crippen molar-refractivity contribution in [2.24, 2.45) is 11.7 Å². The van der Waals surface area contributed by atoms with E-state index in [1.54, 1.807) is 41.0 Å². The maximum atomic E-state index is 15.5. The van der Waals surface area contributed by atoms with Gasteiger partial charge in [0.1, 0.15) is 17.5 Å². The number of imidazole rings is 1. The van der Waals surface area contributed by atoms with Crippen LogP contribution in [-0.2, 0) is 21.5 Å². The number of rotatable bonds is 6. The molecule has 1 saturated carbocycles. The fourth-order valence-electron chi connectivity index (χ4n) is 7.19. The topological polar surface area (TPSA) is 128 Å². The summed E-state index contributed by atoms with van der Waals surface area (Å²) in [5, 5.41) is 15.6. The normalized spacial score (nSPS) is 23.2. The van der Waals surface area contributed by atoms with Crippen LogP contribution in [-0.4, -0.2) is 75.1 Å². The molecular weight excluding hydrogens is 582 g/mol. The van der Waals surface area contributed by atoms with Gasteiger partial charge in [-0.3, -0.25) is 4.98 Å². The Morgan fingerprint density at radius 3 is 2.60 bits per heavy atom. The number of ether oxygens (including phenoxy) is 2. The highest BCUT2D eigenvalue weighted by atomic mass is 19.1. The van der Waals surface area contributed by atoms with Crippen molar-refractivity contribution >= 4 is 11.6 Å². The molecule has 2 aliphatic rings. The average molecular weight is 621 g/mol. The molecule has 1 saturated heterocycles. The molecule has 1 aromatic carbocycles. The Morgan fingerprint density at radius 2 is 1.91 bits per heavy atom. The summed E-state index contributed by atoms with van der Waals surface area (Å²) in [6.07, 6.45) is 7.24. The standard InChI is InChI=1S/C33H38F2N6O4/c1-19-12-20(13-27(36)31(19)40(2)32(42)44-3)24-6-9-37-17-21(24)14-29-38-18-23-4-5-28(39-41(23)29)30-25(34)15-22(16-26(30)35)33(43)7-10-45-11-8-33/h4-6,9,15-20,27,31,43H,7-8,10-14,36H2,1-3H3/t19-,20+,27+,31-/m0/s1. The molecule has 4 aromatic rings. The van der Waals surface area contributed by atoms with Gasteiger partial charge < -0.3 is 25.2 Å². The highest BCUT2D eigenvalue weighted by molar-refractivity contribution is 5.67. The monoisotopic (exact) mass is 620 g/mol. The van der Waals surface area contributed by atoms with Crippen molar-refractivity contribution in [3.05, 3.63) is 83.1 Å². The molecule has 10 nitrogen and oxygen atoms in total. The van der Waals surface area contributed by atoms with Crippen LogP contribution in [0.4, 0.5) is 13.6 Å². The van der Waals surface area contributed by atoms with Gasteiger partial charge in [0.05, 0.1) is 41.7 Å². The minimum absolute atomic E-state index is 0.113. The molecule has 1 amide bonds. The Labute approximate surface area is 260 Å². The lowest BCUT2D eigenvalue weighted by atomic mass is 9.72. The second-order valence-corrected chi connectivity index (χ2v) is 12.3. The number of nitrogens with zero attached hydrogens (tertiary/aromatic N) is 5. The van der Waals surface area contributed by atoms with Gasteiger partial charge in [-0.05, 0) is 71.7 Å². The van der Waals surface area contributed by atoms with Crippen molar-refractivity contribution in [2.75, 3.05) is 27.4 Å². The number of halogens is 2. The minimum atomic E-state index is -1.34. The molecular formula is C33H38F2N6O4. The SMILES string of the molecule is COC(=O)N(C)[C@@H]1[C@H](N)C[C@H](c2ccncc2Cc2ncc3ccc(-c4c(F)cc(C5(O)CCOCC5)cc4F)nn23)C[C@@H]1C. The molecule has 4 atom stereocenters. The third kappa shape index (κ3) is 5.89. The van der Waals surface area contributed by atoms with E-state index >= 15 is 8.78 Å². The largest absolute Gasteiger partial charge is 0.453 e. The summed E-state index contributed by atoms with van der Waals surface area (Å²) in [5.74, 6) is -0.744. The van der Waals surface area contributed by atoms with E-state index < -0.39 is 23.3 Å². The predicted octanol–water partition coefficient (Wildman–Crippen LogP) is 4.57. The molecule has 4 heterocycles. The van der Waals surface area contributed by atoms with Crippen molar-refractivity contribution in [1.29, 1.82) is 0 Å². The van der Waals surface area contributed by atoms with E-state index in [0.29, 0.717) is 37.4 Å². The molecule has 0 spiro atoms. The second kappa shape index (κ2) is 12.4. The molecule has 1 aliphatic heterocycles. The summed E-state index contributed by atoms with van der Waals surface area (Å²) in [6.45, 7) is 2.74. The second-order valence-electron chi connectivity index (χ2n) is 12.3. The quantitative estimate of drug-likeness (QED) is 0.321. The van der Waals surface area contributed by atoms with E-state index in [1.165, 1.54) is 19.2 Å². The molecule has 0 bridgehead atoms. The van der Waals surface area contributed by atoms with E-state index in [0.717, 1.165) is 17.5 Å². The van der Waals surface area contributed by atoms with Gasteiger partial charge in [0.25, 0.3) is 0 Å². The summed E-state index contributed by atoms with van der Waals surface area (Å²) < 4.78 is 42.8. The number of nitrogens with two attached hydrogens (primary N) is 1. The number of aromatic nitrogens is 4. The van der Waals surface area contributed by atoms with Gasteiger partial charge in [-0.2, -0.15) is 5.10 Å². The number of hydrogen-bond donors (Lipinski definition) is 2. The third-order valence-corrected chi connectivity index (χ3v) is 9.48. The maximum Gasteiger partial charge on any atom is 0.409 e. The van der Waals surface area contributed by atoms with Crippen molar-refractivity contribution in [3.63, 3.8) is 0 Å². The van der Waals surface area contributed by atoms with E-state index in [2.05, 4.69) is 22.0 Å². The van der Waals surface area contributed by atoms with Crippen molar-refractivity contribution in [2.45, 2.75) is 62.6 Å². The van der Waals surface area contributed by atoms with E-state index in [4.69, 9.17) is 15.2 Å². The first-order valence-electron chi connectivity index (χ1n) is 15.2. The predicted molar refractivity (Wildman–Crippen MR) is 162 cm³/mol. The van der Waals surface area contributed by atoms with Gasteiger partial charge in [0.2, 0.25) is 0 Å². The Bertz CT molecular complexity index is 1670. The number of carbonyl (C=O) groups is 1. The number of methoxy groups -OCH3 is 1. The van der Waals surface area contributed by atoms with Gasteiger partial charge in [-0.1, -0.05) is 6.92 Å². The van der Waals surface area contributed by atoms with Crippen molar-refractivity contribution < 1.29 is 28.2 Å². The van der Waals surface area contributed by atoms with E-state index in [9.17, 15) is 9.90 Å². The van der Waals surface area contributed by atoms with E-state index in [-0.39, 0.29) is 53.6 Å². The number of benzene rings is 1. The fraction of sp³-hybridized carbons (Fsp3) is 0.455. The summed E-state index contributed by atoms with van der Waals surface area (Å²) in [5.41, 5.74) is 8.05. The van der Waals surface area contributed by atoms with Gasteiger partial charge >= 0.3 is 6.09 Å². The Hall–Kier alpha value is -4.00. The first kappa shape index (κ1) is 31.0. The lowest BCUT2D eigenvalue weighted by Gasteiger charge is -2.43. The lowest BCUT2D eigenvalue weighted by molar-refractivity contribution is -0.0682. The zero-order chi connectivity index (χ0) is 31.9. The van der Waals surface area contributed by atoms with Gasteiger partial charge in [-0.25, -0.2) is 23.1 Å². The number of hydrogen-bond acceptors (Lipinski definition) is 8. The van der Waals surface area contributed by atoms with Crippen LogP contribution in [0.3, 0.4) is 0 Å². The Kier molecular flexibility index (Phi) is 8.55. The minimum Gasteiger partial charge on any atom is -0.453 e. The molecule has 3 N–H and O–H groups in total. The molecule has 238 valence electrons. The van der Waals surface area contributed by atoms with Crippen molar-refractivity contribution in [3.8, 4) is 11.3 Å². The number of likely N-dealkylation sites (N-methyl/N-ethyl adjacent to an activating group) is 1. The Morgan fingerprint density at radius 1 is 1.18 bits per heavy atom. The summed E-state index contributed by atoms with van der Waals surface area (Å²) in [6, 6.07) is 7.27. The lowest BCUT2D eigenvalue weighted by Crippen LogP contribution is -2.55. The number of fused-ring (bicyclic) bond motifs is 1. The first-order chi connectivity index (χ1) is 21.6. The summed E-state index contributed by atoms with van der Waals surface area (Å²) in [4.78, 5) is 22.8. The molecule has 0 radical (unpaired) electrons. The molecule has 3 aromatic heterocycles. The van der Waals surface area contributed by atoms with Gasteiger partial charge in [-0.15, -0.1) is 0 Å². The Balaban J connectivity index is 1.28. The number of carbonyl (C=O) groups excluding carboxylic acids is 1. The van der Waals surface area contributed by atoms with Crippen LogP contribution in [0.1, 0.15) is 61.0 Å². The first-order valence-corrected chi connectivity index (χ1v) is 15.2. The number of amides is 1. The van der Waals surface area contributed by atoms with Crippen molar-refractivity contribution in [1.82, 2.24) is 24.5 Å². The number of pyridine rings is 1. The number of aliphatic hydroxyl groups is 1. The van der Waals surface area contributed by atoms with Crippen LogP contribution < -0.4 is 5.73 Å². The average Bonchev–Trinajstić information content (AvgIpc) is 3.42. The molecule has 2 fully saturated rings. The maximum absolute atomic E-state index is 15.5. The zero-order valence-electron chi connectivity index (χ0n) is 25.6. The van der Waals surface area contributed by atoms with E-state index in [1.807, 2.05) is 12.3 Å². The highest BCUT2D eigenvalue weighted by Crippen LogP contribution is 2.40. The summed E-state index contributed by atoms with van der Waals surface area (Å²) in [7, 11) is 3.08. The van der Waals surface area contributed by atoms with Gasteiger partial charge in [0, 0.05) is 58.0 Å².